The number of hydrogen-bond donors (Lipinski definition) is 0. The Morgan fingerprint density at radius 2 is 2.06 bits per heavy atom. The topological polar surface area (TPSA) is 86.7 Å². The fraction of sp³-hybridized carbons (Fsp3) is 0.273. The summed E-state index contributed by atoms with van der Waals surface area (Å²) in [5.74, 6) is 0. The van der Waals surface area contributed by atoms with Gasteiger partial charge in [0.1, 0.15) is 22.7 Å². The van der Waals surface area contributed by atoms with Crippen molar-refractivity contribution >= 4 is 15.9 Å². The highest BCUT2D eigenvalue weighted by Crippen LogP contribution is 2.18. The Labute approximate surface area is 100 Å². The molecule has 0 atom stereocenters. The second-order valence-electron chi connectivity index (χ2n) is 3.63. The molecule has 0 N–H and O–H groups in total. The standard InChI is InChI=1S/C11H11N3O2S/c1-8-9(4-10(6-12)14(8)2)5-11(7-13)17(3,15)16/h4-5H,1-3H3. The van der Waals surface area contributed by atoms with Gasteiger partial charge in [0, 0.05) is 19.0 Å². The zero-order valence-corrected chi connectivity index (χ0v) is 10.5. The molecule has 0 spiro atoms. The van der Waals surface area contributed by atoms with Crippen molar-refractivity contribution in [2.24, 2.45) is 7.05 Å². The van der Waals surface area contributed by atoms with E-state index in [0.29, 0.717) is 11.3 Å². The summed E-state index contributed by atoms with van der Waals surface area (Å²) < 4.78 is 24.2. The Balaban J connectivity index is 3.45. The summed E-state index contributed by atoms with van der Waals surface area (Å²) in [5.41, 5.74) is 1.71. The summed E-state index contributed by atoms with van der Waals surface area (Å²) >= 11 is 0. The second-order valence-corrected chi connectivity index (χ2v) is 5.62. The Hall–Kier alpha value is -2.05. The molecule has 6 heteroatoms. The highest BCUT2D eigenvalue weighted by Gasteiger charge is 2.13. The van der Waals surface area contributed by atoms with Crippen LogP contribution in [0.4, 0.5) is 0 Å². The smallest absolute Gasteiger partial charge is 0.185 e. The van der Waals surface area contributed by atoms with Crippen molar-refractivity contribution in [3.05, 3.63) is 27.9 Å². The van der Waals surface area contributed by atoms with Gasteiger partial charge in [0.2, 0.25) is 0 Å². The van der Waals surface area contributed by atoms with E-state index in [4.69, 9.17) is 10.5 Å². The molecule has 0 aliphatic heterocycles. The lowest BCUT2D eigenvalue weighted by molar-refractivity contribution is 0.609. The van der Waals surface area contributed by atoms with Crippen LogP contribution in [0.5, 0.6) is 0 Å². The van der Waals surface area contributed by atoms with Crippen LogP contribution in [0.3, 0.4) is 0 Å². The third kappa shape index (κ3) is 2.55. The van der Waals surface area contributed by atoms with Crippen molar-refractivity contribution in [3.63, 3.8) is 0 Å². The van der Waals surface area contributed by atoms with Gasteiger partial charge in [-0.3, -0.25) is 0 Å². The van der Waals surface area contributed by atoms with E-state index in [9.17, 15) is 8.42 Å². The predicted octanol–water partition coefficient (Wildman–Crippen LogP) is 1.11. The molecule has 1 aromatic heterocycles. The predicted molar refractivity (Wildman–Crippen MR) is 63.3 cm³/mol. The third-order valence-corrected chi connectivity index (χ3v) is 3.49. The normalized spacial score (nSPS) is 11.9. The molecule has 0 aliphatic carbocycles. The van der Waals surface area contributed by atoms with Crippen molar-refractivity contribution in [2.75, 3.05) is 6.26 Å². The van der Waals surface area contributed by atoms with Gasteiger partial charge in [0.25, 0.3) is 0 Å². The van der Waals surface area contributed by atoms with Gasteiger partial charge in [0.15, 0.2) is 9.84 Å². The van der Waals surface area contributed by atoms with Crippen LogP contribution >= 0.6 is 0 Å². The minimum atomic E-state index is -3.53. The molecule has 0 aliphatic rings. The SMILES string of the molecule is Cc1c(C=C(C#N)S(C)(=O)=O)cc(C#N)n1C. The van der Waals surface area contributed by atoms with E-state index in [-0.39, 0.29) is 4.91 Å². The van der Waals surface area contributed by atoms with Crippen LogP contribution < -0.4 is 0 Å². The van der Waals surface area contributed by atoms with Gasteiger partial charge in [-0.2, -0.15) is 10.5 Å². The molecule has 0 unspecified atom stereocenters. The molecule has 5 nitrogen and oxygen atoms in total. The summed E-state index contributed by atoms with van der Waals surface area (Å²) in [5, 5.41) is 17.6. The van der Waals surface area contributed by atoms with Crippen molar-refractivity contribution in [3.8, 4) is 12.1 Å². The van der Waals surface area contributed by atoms with E-state index in [0.717, 1.165) is 11.9 Å². The summed E-state index contributed by atoms with van der Waals surface area (Å²) in [6, 6.07) is 5.19. The van der Waals surface area contributed by atoms with Crippen molar-refractivity contribution in [1.82, 2.24) is 4.57 Å². The summed E-state index contributed by atoms with van der Waals surface area (Å²) in [6.45, 7) is 1.75. The highest BCUT2D eigenvalue weighted by molar-refractivity contribution is 7.95. The molecule has 17 heavy (non-hydrogen) atoms. The van der Waals surface area contributed by atoms with E-state index in [1.807, 2.05) is 6.07 Å². The van der Waals surface area contributed by atoms with Gasteiger partial charge in [0.05, 0.1) is 0 Å². The fourth-order valence-corrected chi connectivity index (χ4v) is 1.85. The molecule has 0 saturated heterocycles. The van der Waals surface area contributed by atoms with E-state index in [1.165, 1.54) is 6.08 Å². The van der Waals surface area contributed by atoms with Crippen LogP contribution in [0.15, 0.2) is 11.0 Å². The molecule has 0 amide bonds. The maximum absolute atomic E-state index is 11.3. The lowest BCUT2D eigenvalue weighted by atomic mass is 10.2. The van der Waals surface area contributed by atoms with Crippen LogP contribution in [-0.2, 0) is 16.9 Å². The van der Waals surface area contributed by atoms with Gasteiger partial charge in [-0.15, -0.1) is 0 Å². The van der Waals surface area contributed by atoms with E-state index < -0.39 is 9.84 Å². The second kappa shape index (κ2) is 4.44. The summed E-state index contributed by atoms with van der Waals surface area (Å²) in [4.78, 5) is -0.310. The first-order valence-electron chi connectivity index (χ1n) is 4.69. The Bertz CT molecular complexity index is 667. The number of allylic oxidation sites excluding steroid dienone is 1. The molecular weight excluding hydrogens is 238 g/mol. The zero-order chi connectivity index (χ0) is 13.2. The Kier molecular flexibility index (Phi) is 3.40. The molecule has 0 bridgehead atoms. The maximum Gasteiger partial charge on any atom is 0.185 e. The summed E-state index contributed by atoms with van der Waals surface area (Å²) in [6.07, 6.45) is 2.26. The Morgan fingerprint density at radius 3 is 2.41 bits per heavy atom. The van der Waals surface area contributed by atoms with Crippen LogP contribution in [0.25, 0.3) is 6.08 Å². The maximum atomic E-state index is 11.3. The van der Waals surface area contributed by atoms with Gasteiger partial charge in [-0.1, -0.05) is 0 Å². The van der Waals surface area contributed by atoms with Gasteiger partial charge < -0.3 is 4.57 Å². The van der Waals surface area contributed by atoms with E-state index >= 15 is 0 Å². The first-order valence-corrected chi connectivity index (χ1v) is 6.58. The molecule has 1 aromatic rings. The van der Waals surface area contributed by atoms with E-state index in [1.54, 1.807) is 30.7 Å². The largest absolute Gasteiger partial charge is 0.339 e. The third-order valence-electron chi connectivity index (χ3n) is 2.49. The van der Waals surface area contributed by atoms with Crippen LogP contribution in [0.2, 0.25) is 0 Å². The van der Waals surface area contributed by atoms with Crippen molar-refractivity contribution < 1.29 is 8.42 Å². The first-order chi connectivity index (χ1) is 7.81. The monoisotopic (exact) mass is 249 g/mol. The first kappa shape index (κ1) is 13.0. The molecule has 0 aromatic carbocycles. The number of nitriles is 2. The minimum Gasteiger partial charge on any atom is -0.339 e. The van der Waals surface area contributed by atoms with Gasteiger partial charge in [-0.25, -0.2) is 8.42 Å². The van der Waals surface area contributed by atoms with Crippen LogP contribution in [0, 0.1) is 29.6 Å². The number of rotatable bonds is 2. The number of hydrogen-bond acceptors (Lipinski definition) is 4. The van der Waals surface area contributed by atoms with Crippen molar-refractivity contribution in [2.45, 2.75) is 6.92 Å². The Morgan fingerprint density at radius 1 is 1.47 bits per heavy atom. The molecule has 0 saturated carbocycles. The molecule has 0 fully saturated rings. The average Bonchev–Trinajstić information content (AvgIpc) is 2.51. The number of aromatic nitrogens is 1. The molecule has 1 heterocycles. The molecule has 0 radical (unpaired) electrons. The van der Waals surface area contributed by atoms with Crippen LogP contribution in [0.1, 0.15) is 17.0 Å². The number of nitrogens with zero attached hydrogens (tertiary/aromatic N) is 3. The number of sulfone groups is 1. The summed E-state index contributed by atoms with van der Waals surface area (Å²) in [7, 11) is -1.83. The lowest BCUT2D eigenvalue weighted by Crippen LogP contribution is -1.99. The molecule has 1 rings (SSSR count). The molecular formula is C11H11N3O2S. The highest BCUT2D eigenvalue weighted by atomic mass is 32.2. The minimum absolute atomic E-state index is 0.310. The lowest BCUT2D eigenvalue weighted by Gasteiger charge is -1.98. The van der Waals surface area contributed by atoms with Crippen LogP contribution in [-0.4, -0.2) is 19.2 Å². The van der Waals surface area contributed by atoms with Gasteiger partial charge >= 0.3 is 0 Å². The van der Waals surface area contributed by atoms with E-state index in [2.05, 4.69) is 0 Å². The van der Waals surface area contributed by atoms with Crippen molar-refractivity contribution in [1.29, 1.82) is 10.5 Å². The molecule has 88 valence electrons. The average molecular weight is 249 g/mol. The fourth-order valence-electron chi connectivity index (χ4n) is 1.34. The zero-order valence-electron chi connectivity index (χ0n) is 9.72. The quantitative estimate of drug-likeness (QED) is 0.735. The van der Waals surface area contributed by atoms with Gasteiger partial charge in [-0.05, 0) is 24.6 Å².